The number of fused-ring (bicyclic) bond motifs is 2. The fourth-order valence-electron chi connectivity index (χ4n) is 5.89. The van der Waals surface area contributed by atoms with E-state index < -0.39 is 0 Å². The molecule has 1 atom stereocenters. The molecule has 0 bridgehead atoms. The third-order valence-electron chi connectivity index (χ3n) is 7.68. The number of ether oxygens (including phenoxy) is 2. The molecule has 1 saturated heterocycles. The van der Waals surface area contributed by atoms with Gasteiger partial charge in [0, 0.05) is 42.5 Å². The molecule has 208 valence electrons. The Kier molecular flexibility index (Phi) is 7.88. The highest BCUT2D eigenvalue weighted by Crippen LogP contribution is 2.48. The van der Waals surface area contributed by atoms with Gasteiger partial charge in [-0.25, -0.2) is 0 Å². The van der Waals surface area contributed by atoms with Crippen LogP contribution < -0.4 is 4.74 Å². The topological polar surface area (TPSA) is 119 Å². The molecule has 1 unspecified atom stereocenters. The molecule has 1 amide bonds. The van der Waals surface area contributed by atoms with E-state index in [1.807, 2.05) is 36.9 Å². The Morgan fingerprint density at radius 2 is 2.10 bits per heavy atom. The summed E-state index contributed by atoms with van der Waals surface area (Å²) in [6.45, 7) is 7.35. The average Bonchev–Trinajstić information content (AvgIpc) is 3.64. The zero-order valence-electron chi connectivity index (χ0n) is 23.2. The maximum absolute atomic E-state index is 13.0. The van der Waals surface area contributed by atoms with Gasteiger partial charge in [0.2, 0.25) is 11.7 Å². The second-order valence-electron chi connectivity index (χ2n) is 10.8. The molecule has 2 aliphatic rings. The Balaban J connectivity index is 1.32. The van der Waals surface area contributed by atoms with E-state index in [1.54, 1.807) is 19.1 Å². The molecule has 9 heteroatoms. The van der Waals surface area contributed by atoms with Crippen LogP contribution in [0.4, 0.5) is 0 Å². The van der Waals surface area contributed by atoms with Crippen molar-refractivity contribution in [1.29, 1.82) is 5.26 Å². The van der Waals surface area contributed by atoms with Crippen molar-refractivity contribution in [3.63, 3.8) is 0 Å². The molecule has 40 heavy (non-hydrogen) atoms. The smallest absolute Gasteiger partial charge is 0.305 e. The van der Waals surface area contributed by atoms with Gasteiger partial charge in [-0.1, -0.05) is 23.4 Å². The van der Waals surface area contributed by atoms with Gasteiger partial charge < -0.3 is 18.9 Å². The molecule has 9 nitrogen and oxygen atoms in total. The largest absolute Gasteiger partial charge is 0.490 e. The van der Waals surface area contributed by atoms with Crippen LogP contribution in [-0.2, 0) is 26.2 Å². The number of nitrogens with zero attached hydrogens (tertiary/aromatic N) is 4. The van der Waals surface area contributed by atoms with Crippen LogP contribution in [0.3, 0.4) is 0 Å². The first kappa shape index (κ1) is 27.4. The molecule has 1 aromatic heterocycles. The van der Waals surface area contributed by atoms with Crippen LogP contribution in [0, 0.1) is 11.3 Å². The predicted molar refractivity (Wildman–Crippen MR) is 147 cm³/mol. The fourth-order valence-corrected chi connectivity index (χ4v) is 5.89. The quantitative estimate of drug-likeness (QED) is 0.253. The highest BCUT2D eigenvalue weighted by atomic mass is 16.5. The molecule has 1 spiro atoms. The standard InChI is InChI=1S/C31H34N4O5/c1-4-38-28(37)10-5-6-15-35-19-31(17-27(35)36)14-13-23-24(8-7-9-25(23)31)29-33-30(40-34-29)21-11-12-26(39-20(2)3)22(16-21)18-32/h7-9,11-12,16,20H,4-6,10,13-15,17,19H2,1-3H3. The molecular weight excluding hydrogens is 508 g/mol. The molecule has 2 heterocycles. The summed E-state index contributed by atoms with van der Waals surface area (Å²) < 4.78 is 16.3. The first-order valence-electron chi connectivity index (χ1n) is 13.9. The maximum Gasteiger partial charge on any atom is 0.305 e. The Morgan fingerprint density at radius 1 is 1.25 bits per heavy atom. The molecule has 5 rings (SSSR count). The predicted octanol–water partition coefficient (Wildman–Crippen LogP) is 5.21. The van der Waals surface area contributed by atoms with Gasteiger partial charge >= 0.3 is 5.97 Å². The summed E-state index contributed by atoms with van der Waals surface area (Å²) in [5, 5.41) is 13.9. The monoisotopic (exact) mass is 542 g/mol. The third kappa shape index (κ3) is 5.44. The van der Waals surface area contributed by atoms with Crippen molar-refractivity contribution in [2.75, 3.05) is 19.7 Å². The van der Waals surface area contributed by atoms with Crippen LogP contribution in [0.15, 0.2) is 40.9 Å². The zero-order valence-corrected chi connectivity index (χ0v) is 23.2. The van der Waals surface area contributed by atoms with Gasteiger partial charge in [-0.3, -0.25) is 9.59 Å². The summed E-state index contributed by atoms with van der Waals surface area (Å²) >= 11 is 0. The van der Waals surface area contributed by atoms with Crippen LogP contribution >= 0.6 is 0 Å². The Hall–Kier alpha value is -4.19. The Morgan fingerprint density at radius 3 is 2.88 bits per heavy atom. The van der Waals surface area contributed by atoms with Gasteiger partial charge in [0.15, 0.2) is 0 Å². The SMILES string of the molecule is CCOC(=O)CCCCN1CC2(CCc3c(-c4noc(-c5ccc(OC(C)C)c(C#N)c5)n4)cccc32)CC1=O. The van der Waals surface area contributed by atoms with Crippen LogP contribution in [0.1, 0.15) is 69.6 Å². The number of hydrogen-bond donors (Lipinski definition) is 0. The van der Waals surface area contributed by atoms with Crippen molar-refractivity contribution in [1.82, 2.24) is 15.0 Å². The van der Waals surface area contributed by atoms with Crippen molar-refractivity contribution < 1.29 is 23.6 Å². The number of carbonyl (C=O) groups excluding carboxylic acids is 2. The van der Waals surface area contributed by atoms with Crippen molar-refractivity contribution in [3.8, 4) is 34.7 Å². The van der Waals surface area contributed by atoms with E-state index in [1.165, 1.54) is 5.56 Å². The van der Waals surface area contributed by atoms with Gasteiger partial charge in [0.25, 0.3) is 5.89 Å². The van der Waals surface area contributed by atoms with E-state index in [0.29, 0.717) is 67.6 Å². The molecule has 2 aromatic carbocycles. The van der Waals surface area contributed by atoms with Crippen LogP contribution in [0.25, 0.3) is 22.8 Å². The number of nitriles is 1. The summed E-state index contributed by atoms with van der Waals surface area (Å²) in [5.74, 6) is 1.32. The first-order valence-corrected chi connectivity index (χ1v) is 13.9. The minimum Gasteiger partial charge on any atom is -0.490 e. The number of aromatic nitrogens is 2. The summed E-state index contributed by atoms with van der Waals surface area (Å²) in [5.41, 5.74) is 4.08. The van der Waals surface area contributed by atoms with Crippen LogP contribution in [0.5, 0.6) is 5.75 Å². The number of unbranched alkanes of at least 4 members (excludes halogenated alkanes) is 1. The van der Waals surface area contributed by atoms with Gasteiger partial charge in [-0.15, -0.1) is 0 Å². The average molecular weight is 543 g/mol. The lowest BCUT2D eigenvalue weighted by Crippen LogP contribution is -2.30. The maximum atomic E-state index is 13.0. The minimum atomic E-state index is -0.218. The lowest BCUT2D eigenvalue weighted by molar-refractivity contribution is -0.143. The number of rotatable bonds is 10. The number of benzene rings is 2. The lowest BCUT2D eigenvalue weighted by Gasteiger charge is -2.25. The number of hydrogen-bond acceptors (Lipinski definition) is 8. The molecular formula is C31H34N4O5. The number of carbonyl (C=O) groups is 2. The van der Waals surface area contributed by atoms with Gasteiger partial charge in [0.1, 0.15) is 11.8 Å². The fraction of sp³-hybridized carbons (Fsp3) is 0.452. The highest BCUT2D eigenvalue weighted by Gasteiger charge is 2.48. The lowest BCUT2D eigenvalue weighted by atomic mass is 9.80. The van der Waals surface area contributed by atoms with Crippen molar-refractivity contribution in [2.45, 2.75) is 70.8 Å². The summed E-state index contributed by atoms with van der Waals surface area (Å²) in [7, 11) is 0. The van der Waals surface area contributed by atoms with Crippen LogP contribution in [0.2, 0.25) is 0 Å². The number of likely N-dealkylation sites (tertiary alicyclic amines) is 1. The van der Waals surface area contributed by atoms with Gasteiger partial charge in [-0.05, 0) is 75.8 Å². The second-order valence-corrected chi connectivity index (χ2v) is 10.8. The first-order chi connectivity index (χ1) is 19.3. The van der Waals surface area contributed by atoms with Gasteiger partial charge in [0.05, 0.1) is 18.3 Å². The highest BCUT2D eigenvalue weighted by molar-refractivity contribution is 5.82. The zero-order chi connectivity index (χ0) is 28.3. The molecule has 3 aromatic rings. The van der Waals surface area contributed by atoms with Crippen molar-refractivity contribution >= 4 is 11.9 Å². The Labute approximate surface area is 234 Å². The second kappa shape index (κ2) is 11.5. The Bertz CT molecular complexity index is 1460. The molecule has 0 saturated carbocycles. The molecule has 1 aliphatic heterocycles. The van der Waals surface area contributed by atoms with Crippen LogP contribution in [-0.4, -0.2) is 52.7 Å². The molecule has 0 radical (unpaired) electrons. The minimum absolute atomic E-state index is 0.0463. The number of esters is 1. The van der Waals surface area contributed by atoms with Crippen molar-refractivity contribution in [3.05, 3.63) is 53.1 Å². The van der Waals surface area contributed by atoms with E-state index in [0.717, 1.165) is 30.4 Å². The van der Waals surface area contributed by atoms with E-state index in [2.05, 4.69) is 22.3 Å². The van der Waals surface area contributed by atoms with Crippen molar-refractivity contribution in [2.24, 2.45) is 0 Å². The van der Waals surface area contributed by atoms with E-state index in [4.69, 9.17) is 14.0 Å². The van der Waals surface area contributed by atoms with Gasteiger partial charge in [-0.2, -0.15) is 10.2 Å². The summed E-state index contributed by atoms with van der Waals surface area (Å²) in [6, 6.07) is 13.6. The van der Waals surface area contributed by atoms with E-state index in [-0.39, 0.29) is 23.4 Å². The van der Waals surface area contributed by atoms with E-state index in [9.17, 15) is 14.9 Å². The molecule has 1 fully saturated rings. The summed E-state index contributed by atoms with van der Waals surface area (Å²) in [6.07, 6.45) is 4.03. The van der Waals surface area contributed by atoms with E-state index >= 15 is 0 Å². The third-order valence-corrected chi connectivity index (χ3v) is 7.68. The molecule has 1 aliphatic carbocycles. The number of amides is 1. The summed E-state index contributed by atoms with van der Waals surface area (Å²) in [4.78, 5) is 31.2. The molecule has 0 N–H and O–H groups in total. The normalized spacial score (nSPS) is 17.9.